The van der Waals surface area contributed by atoms with Crippen LogP contribution in [0.25, 0.3) is 10.8 Å². The molecule has 0 unspecified atom stereocenters. The van der Waals surface area contributed by atoms with E-state index >= 15 is 0 Å². The first-order valence-corrected chi connectivity index (χ1v) is 8.00. The molecule has 0 saturated carbocycles. The zero-order valence-electron chi connectivity index (χ0n) is 11.4. The standard InChI is InChI=1S/C15H13BrN2O2S/c1-19-7-6-14-17-15(21-18-14)20-13-5-3-10-8-12(16)4-2-11(10)9-13/h2-5,8-9H,6-7H2,1H3. The van der Waals surface area contributed by atoms with Crippen molar-refractivity contribution < 1.29 is 9.47 Å². The Bertz CT molecular complexity index is 760. The van der Waals surface area contributed by atoms with Gasteiger partial charge < -0.3 is 9.47 Å². The summed E-state index contributed by atoms with van der Waals surface area (Å²) in [5.41, 5.74) is 0. The van der Waals surface area contributed by atoms with Crippen LogP contribution in [0.15, 0.2) is 40.9 Å². The third-order valence-corrected chi connectivity index (χ3v) is 4.08. The smallest absolute Gasteiger partial charge is 0.298 e. The lowest BCUT2D eigenvalue weighted by atomic mass is 10.1. The molecule has 0 aliphatic rings. The van der Waals surface area contributed by atoms with Crippen molar-refractivity contribution in [2.24, 2.45) is 0 Å². The molecule has 3 aromatic rings. The number of nitrogens with zero attached hydrogens (tertiary/aromatic N) is 2. The molecular weight excluding hydrogens is 352 g/mol. The average Bonchev–Trinajstić information content (AvgIpc) is 2.93. The molecule has 0 saturated heterocycles. The molecule has 0 N–H and O–H groups in total. The maximum atomic E-state index is 5.77. The minimum Gasteiger partial charge on any atom is -0.430 e. The van der Waals surface area contributed by atoms with Crippen LogP contribution in [-0.4, -0.2) is 23.1 Å². The number of benzene rings is 2. The fourth-order valence-electron chi connectivity index (χ4n) is 1.93. The lowest BCUT2D eigenvalue weighted by Gasteiger charge is -2.03. The quantitative estimate of drug-likeness (QED) is 0.671. The zero-order valence-corrected chi connectivity index (χ0v) is 13.8. The molecule has 0 amide bonds. The molecule has 108 valence electrons. The molecule has 21 heavy (non-hydrogen) atoms. The van der Waals surface area contributed by atoms with Gasteiger partial charge in [0.05, 0.1) is 6.61 Å². The van der Waals surface area contributed by atoms with Crippen molar-refractivity contribution in [2.75, 3.05) is 13.7 Å². The van der Waals surface area contributed by atoms with E-state index in [9.17, 15) is 0 Å². The molecule has 2 aromatic carbocycles. The van der Waals surface area contributed by atoms with Crippen LogP contribution >= 0.6 is 27.5 Å². The first-order valence-electron chi connectivity index (χ1n) is 6.43. The van der Waals surface area contributed by atoms with Gasteiger partial charge in [-0.25, -0.2) is 0 Å². The zero-order chi connectivity index (χ0) is 14.7. The SMILES string of the molecule is COCCc1nsc(Oc2ccc3cc(Br)ccc3c2)n1. The highest BCUT2D eigenvalue weighted by Crippen LogP contribution is 2.28. The Hall–Kier alpha value is -1.50. The summed E-state index contributed by atoms with van der Waals surface area (Å²) in [6.07, 6.45) is 0.697. The Balaban J connectivity index is 1.78. The Morgan fingerprint density at radius 2 is 1.95 bits per heavy atom. The van der Waals surface area contributed by atoms with Crippen molar-refractivity contribution in [3.05, 3.63) is 46.7 Å². The predicted molar refractivity (Wildman–Crippen MR) is 87.2 cm³/mol. The van der Waals surface area contributed by atoms with E-state index in [1.807, 2.05) is 24.3 Å². The molecule has 0 fully saturated rings. The monoisotopic (exact) mass is 364 g/mol. The van der Waals surface area contributed by atoms with Crippen molar-refractivity contribution in [3.8, 4) is 10.9 Å². The van der Waals surface area contributed by atoms with E-state index in [1.165, 1.54) is 11.5 Å². The molecule has 0 radical (unpaired) electrons. The summed E-state index contributed by atoms with van der Waals surface area (Å²) in [5.74, 6) is 1.51. The fraction of sp³-hybridized carbons (Fsp3) is 0.200. The highest BCUT2D eigenvalue weighted by Gasteiger charge is 2.07. The molecule has 1 heterocycles. The highest BCUT2D eigenvalue weighted by atomic mass is 79.9. The van der Waals surface area contributed by atoms with Crippen LogP contribution in [0.5, 0.6) is 10.9 Å². The van der Waals surface area contributed by atoms with Gasteiger partial charge in [-0.3, -0.25) is 0 Å². The summed E-state index contributed by atoms with van der Waals surface area (Å²) in [4.78, 5) is 4.33. The van der Waals surface area contributed by atoms with Crippen molar-refractivity contribution in [1.82, 2.24) is 9.36 Å². The highest BCUT2D eigenvalue weighted by molar-refractivity contribution is 9.10. The molecule has 0 bridgehead atoms. The van der Waals surface area contributed by atoms with Crippen LogP contribution in [0, 0.1) is 0 Å². The fourth-order valence-corrected chi connectivity index (χ4v) is 2.91. The number of rotatable bonds is 5. The number of halogens is 1. The van der Waals surface area contributed by atoms with Crippen LogP contribution < -0.4 is 4.74 Å². The number of aromatic nitrogens is 2. The van der Waals surface area contributed by atoms with E-state index in [2.05, 4.69) is 37.4 Å². The van der Waals surface area contributed by atoms with Crippen molar-refractivity contribution in [2.45, 2.75) is 6.42 Å². The Morgan fingerprint density at radius 3 is 2.81 bits per heavy atom. The second-order valence-electron chi connectivity index (χ2n) is 4.47. The van der Waals surface area contributed by atoms with Crippen LogP contribution in [0.4, 0.5) is 0 Å². The number of fused-ring (bicyclic) bond motifs is 1. The molecule has 0 spiro atoms. The van der Waals surface area contributed by atoms with Gasteiger partial charge in [-0.05, 0) is 35.0 Å². The van der Waals surface area contributed by atoms with E-state index < -0.39 is 0 Å². The number of hydrogen-bond acceptors (Lipinski definition) is 5. The van der Waals surface area contributed by atoms with Gasteiger partial charge in [0.2, 0.25) is 0 Å². The molecular formula is C15H13BrN2O2S. The van der Waals surface area contributed by atoms with Crippen LogP contribution in [-0.2, 0) is 11.2 Å². The third kappa shape index (κ3) is 3.58. The van der Waals surface area contributed by atoms with Gasteiger partial charge in [0.1, 0.15) is 11.6 Å². The molecule has 1 aromatic heterocycles. The summed E-state index contributed by atoms with van der Waals surface area (Å²) in [7, 11) is 1.66. The van der Waals surface area contributed by atoms with Crippen molar-refractivity contribution >= 4 is 38.2 Å². The second-order valence-corrected chi connectivity index (χ2v) is 6.10. The maximum Gasteiger partial charge on any atom is 0.298 e. The lowest BCUT2D eigenvalue weighted by Crippen LogP contribution is -1.96. The normalized spacial score (nSPS) is 11.0. The Kier molecular flexibility index (Phi) is 4.48. The van der Waals surface area contributed by atoms with Crippen LogP contribution in [0.3, 0.4) is 0 Å². The van der Waals surface area contributed by atoms with Gasteiger partial charge >= 0.3 is 0 Å². The van der Waals surface area contributed by atoms with Gasteiger partial charge in [0.25, 0.3) is 5.19 Å². The minimum atomic E-state index is 0.553. The second kappa shape index (κ2) is 6.51. The molecule has 4 nitrogen and oxygen atoms in total. The van der Waals surface area contributed by atoms with E-state index in [-0.39, 0.29) is 0 Å². The Labute approximate surface area is 135 Å². The van der Waals surface area contributed by atoms with E-state index in [0.717, 1.165) is 26.8 Å². The van der Waals surface area contributed by atoms with Gasteiger partial charge in [-0.1, -0.05) is 28.1 Å². The molecule has 0 atom stereocenters. The minimum absolute atomic E-state index is 0.553. The number of hydrogen-bond donors (Lipinski definition) is 0. The summed E-state index contributed by atoms with van der Waals surface area (Å²) >= 11 is 4.73. The summed E-state index contributed by atoms with van der Waals surface area (Å²) in [6.45, 7) is 0.612. The van der Waals surface area contributed by atoms with Gasteiger partial charge in [0, 0.05) is 29.5 Å². The average molecular weight is 365 g/mol. The van der Waals surface area contributed by atoms with Gasteiger partial charge in [0.15, 0.2) is 0 Å². The first-order chi connectivity index (χ1) is 10.2. The topological polar surface area (TPSA) is 44.2 Å². The van der Waals surface area contributed by atoms with E-state index in [1.54, 1.807) is 7.11 Å². The molecule has 0 aliphatic carbocycles. The predicted octanol–water partition coefficient (Wildman–Crippen LogP) is 4.44. The summed E-state index contributed by atoms with van der Waals surface area (Å²) in [5, 5.41) is 2.84. The number of ether oxygens (including phenoxy) is 2. The van der Waals surface area contributed by atoms with Gasteiger partial charge in [-0.2, -0.15) is 9.36 Å². The largest absolute Gasteiger partial charge is 0.430 e. The van der Waals surface area contributed by atoms with Crippen molar-refractivity contribution in [1.29, 1.82) is 0 Å². The van der Waals surface area contributed by atoms with Crippen LogP contribution in [0.2, 0.25) is 0 Å². The van der Waals surface area contributed by atoms with Gasteiger partial charge in [-0.15, -0.1) is 0 Å². The third-order valence-electron chi connectivity index (χ3n) is 2.96. The molecule has 3 rings (SSSR count). The number of methoxy groups -OCH3 is 1. The lowest BCUT2D eigenvalue weighted by molar-refractivity contribution is 0.200. The van der Waals surface area contributed by atoms with E-state index in [4.69, 9.17) is 9.47 Å². The summed E-state index contributed by atoms with van der Waals surface area (Å²) < 4.78 is 16.1. The molecule has 6 heteroatoms. The van der Waals surface area contributed by atoms with Crippen molar-refractivity contribution in [3.63, 3.8) is 0 Å². The van der Waals surface area contributed by atoms with Crippen LogP contribution in [0.1, 0.15) is 5.82 Å². The summed E-state index contributed by atoms with van der Waals surface area (Å²) in [6, 6.07) is 12.1. The maximum absolute atomic E-state index is 5.77. The Morgan fingerprint density at radius 1 is 1.14 bits per heavy atom. The molecule has 0 aliphatic heterocycles. The van der Waals surface area contributed by atoms with E-state index in [0.29, 0.717) is 18.2 Å². The first kappa shape index (κ1) is 14.4.